The highest BCUT2D eigenvalue weighted by atomic mass is 16.8. The Bertz CT molecular complexity index is 2040. The number of rotatable bonds is 20. The number of aliphatic hydroxyl groups excluding tert-OH is 20. The van der Waals surface area contributed by atoms with Gasteiger partial charge in [0.1, 0.15) is 165 Å². The molecule has 2 amide bonds. The van der Waals surface area contributed by atoms with Crippen LogP contribution in [0, 0.1) is 0 Å². The van der Waals surface area contributed by atoms with Gasteiger partial charge in [-0.15, -0.1) is 0 Å². The van der Waals surface area contributed by atoms with E-state index >= 15 is 0 Å². The zero-order valence-electron chi connectivity index (χ0n) is 44.5. The topological polar surface area (TPSA) is 583 Å². The van der Waals surface area contributed by atoms with Crippen molar-refractivity contribution >= 4 is 11.8 Å². The molecule has 0 aromatic carbocycles. The van der Waals surface area contributed by atoms with Gasteiger partial charge in [0.15, 0.2) is 44.0 Å². The second kappa shape index (κ2) is 29.3. The number of amides is 2. The van der Waals surface area contributed by atoms with Gasteiger partial charge in [0.05, 0.1) is 45.7 Å². The highest BCUT2D eigenvalue weighted by Crippen LogP contribution is 2.39. The van der Waals surface area contributed by atoms with E-state index in [1.807, 2.05) is 0 Å². The third kappa shape index (κ3) is 14.5. The highest BCUT2D eigenvalue weighted by molar-refractivity contribution is 5.73. The van der Waals surface area contributed by atoms with Crippen molar-refractivity contribution in [1.29, 1.82) is 0 Å². The van der Waals surface area contributed by atoms with E-state index in [0.29, 0.717) is 0 Å². The lowest BCUT2D eigenvalue weighted by Gasteiger charge is -2.52. The van der Waals surface area contributed by atoms with Crippen LogP contribution in [0.25, 0.3) is 0 Å². The zero-order valence-corrected chi connectivity index (χ0v) is 44.5. The summed E-state index contributed by atoms with van der Waals surface area (Å²) in [7, 11) is 0. The predicted octanol–water partition coefficient (Wildman–Crippen LogP) is -15.0. The number of hydrogen-bond donors (Lipinski definition) is 22. The number of ether oxygens (including phenoxy) is 13. The van der Waals surface area contributed by atoms with E-state index in [0.717, 1.165) is 13.8 Å². The van der Waals surface area contributed by atoms with Crippen LogP contribution in [-0.2, 0) is 71.2 Å². The number of nitrogens with one attached hydrogen (secondary N) is 2. The van der Waals surface area contributed by atoms with E-state index < -0.39 is 266 Å². The molecule has 37 heteroatoms. The summed E-state index contributed by atoms with van der Waals surface area (Å²) in [6.45, 7) is -2.94. The van der Waals surface area contributed by atoms with Gasteiger partial charge in [-0.05, 0) is 6.92 Å². The van der Waals surface area contributed by atoms with Gasteiger partial charge < -0.3 is 174 Å². The largest absolute Gasteiger partial charge is 0.394 e. The molecule has 7 aliphatic rings. The van der Waals surface area contributed by atoms with Gasteiger partial charge in [-0.2, -0.15) is 0 Å². The summed E-state index contributed by atoms with van der Waals surface area (Å²) in [6.07, 6.45) is -64.6. The van der Waals surface area contributed by atoms with Crippen molar-refractivity contribution in [3.63, 3.8) is 0 Å². The van der Waals surface area contributed by atoms with Crippen molar-refractivity contribution in [2.45, 2.75) is 236 Å². The molecular weight excluding hydrogens is 1140 g/mol. The summed E-state index contributed by atoms with van der Waals surface area (Å²) >= 11 is 0. The van der Waals surface area contributed by atoms with Crippen molar-refractivity contribution in [3.8, 4) is 0 Å². The number of hydrogen-bond acceptors (Lipinski definition) is 35. The number of carbonyl (C=O) groups is 2. The van der Waals surface area contributed by atoms with Crippen LogP contribution in [0.4, 0.5) is 0 Å². The van der Waals surface area contributed by atoms with E-state index in [2.05, 4.69) is 10.6 Å². The molecule has 482 valence electrons. The Hall–Kier alpha value is -2.38. The van der Waals surface area contributed by atoms with Gasteiger partial charge in [0, 0.05) is 13.8 Å². The molecule has 7 fully saturated rings. The van der Waals surface area contributed by atoms with Gasteiger partial charge in [0.25, 0.3) is 0 Å². The Morgan fingerprint density at radius 1 is 0.313 bits per heavy atom. The van der Waals surface area contributed by atoms with Crippen LogP contribution >= 0.6 is 0 Å². The van der Waals surface area contributed by atoms with Crippen LogP contribution in [0.3, 0.4) is 0 Å². The first-order valence-electron chi connectivity index (χ1n) is 26.5. The van der Waals surface area contributed by atoms with Crippen LogP contribution < -0.4 is 10.6 Å². The summed E-state index contributed by atoms with van der Waals surface area (Å²) in [6, 6.07) is -3.63. The molecule has 0 radical (unpaired) electrons. The van der Waals surface area contributed by atoms with Crippen LogP contribution in [0.5, 0.6) is 0 Å². The fraction of sp³-hybridized carbons (Fsp3) is 0.957. The molecule has 35 atom stereocenters. The Kier molecular flexibility index (Phi) is 24.0. The second-order valence-corrected chi connectivity index (χ2v) is 21.0. The average Bonchev–Trinajstić information content (AvgIpc) is 3.66. The summed E-state index contributed by atoms with van der Waals surface area (Å²) in [5.41, 5.74) is 0. The molecule has 0 spiro atoms. The smallest absolute Gasteiger partial charge is 0.217 e. The molecule has 0 bridgehead atoms. The predicted molar refractivity (Wildman–Crippen MR) is 254 cm³/mol. The summed E-state index contributed by atoms with van der Waals surface area (Å²) in [4.78, 5) is 25.5. The van der Waals surface area contributed by atoms with E-state index in [9.17, 15) is 112 Å². The van der Waals surface area contributed by atoms with Gasteiger partial charge in [-0.25, -0.2) is 0 Å². The summed E-state index contributed by atoms with van der Waals surface area (Å²) < 4.78 is 75.7. The first kappa shape index (κ1) is 68.1. The fourth-order valence-corrected chi connectivity index (χ4v) is 10.7. The maximum atomic E-state index is 13.1. The van der Waals surface area contributed by atoms with E-state index in [4.69, 9.17) is 61.6 Å². The lowest BCUT2D eigenvalue weighted by Crippen LogP contribution is -2.71. The lowest BCUT2D eigenvalue weighted by atomic mass is 9.93. The minimum absolute atomic E-state index is 0.814. The maximum Gasteiger partial charge on any atom is 0.217 e. The maximum absolute atomic E-state index is 13.1. The summed E-state index contributed by atoms with van der Waals surface area (Å²) in [5, 5.41) is 221. The van der Waals surface area contributed by atoms with Crippen LogP contribution in [0.2, 0.25) is 0 Å². The molecule has 22 N–H and O–H groups in total. The van der Waals surface area contributed by atoms with Crippen molar-refractivity contribution in [3.05, 3.63) is 0 Å². The van der Waals surface area contributed by atoms with Crippen molar-refractivity contribution in [1.82, 2.24) is 10.6 Å². The third-order valence-electron chi connectivity index (χ3n) is 15.3. The van der Waals surface area contributed by atoms with Gasteiger partial charge in [-0.1, -0.05) is 0 Å². The lowest BCUT2D eigenvalue weighted by molar-refractivity contribution is -0.401. The van der Waals surface area contributed by atoms with Crippen LogP contribution in [0.1, 0.15) is 20.8 Å². The highest BCUT2D eigenvalue weighted by Gasteiger charge is 2.60. The van der Waals surface area contributed by atoms with E-state index in [1.165, 1.54) is 6.92 Å². The number of aliphatic hydroxyl groups is 20. The SMILES string of the molecule is CC(=O)N[C@H]1[C@@H](O[C@H]2[C@@H](O)[C@@H](CO)O[C@@H](O[C@H]3[C@@H](O)[C@@H](CO)O[C@@H](O[C@H]4[C@@H](O)[C@@H](CO)O[C@@H](O[C@@H]5[C@H](O)[C@@H](O)[C@H](O[C@H]6[C@H](O)[C@@H](O)C(O)O[C@@H]6CO)O[C@@H]5CO)[C@@H]4O)[C@@H]3NC(C)=O)[C@@H]2O[C@@H]2O[C@@H](C)[C@@H](O)[C@@H](O)[C@@H]2O)O[C@H](CO)[C@H](O)[C@@H]1O. The van der Waals surface area contributed by atoms with E-state index in [1.54, 1.807) is 0 Å². The van der Waals surface area contributed by atoms with Crippen molar-refractivity contribution in [2.75, 3.05) is 39.6 Å². The molecule has 0 aromatic heterocycles. The van der Waals surface area contributed by atoms with Crippen LogP contribution in [0.15, 0.2) is 0 Å². The molecule has 7 saturated heterocycles. The first-order valence-corrected chi connectivity index (χ1v) is 26.5. The molecule has 7 aliphatic heterocycles. The fourth-order valence-electron chi connectivity index (χ4n) is 10.7. The Labute approximate surface area is 470 Å². The Morgan fingerprint density at radius 2 is 0.675 bits per heavy atom. The zero-order chi connectivity index (χ0) is 61.2. The quantitative estimate of drug-likeness (QED) is 0.0538. The second-order valence-electron chi connectivity index (χ2n) is 21.0. The molecule has 0 aromatic rings. The first-order chi connectivity index (χ1) is 39.2. The molecule has 83 heavy (non-hydrogen) atoms. The summed E-state index contributed by atoms with van der Waals surface area (Å²) in [5.74, 6) is -1.75. The molecule has 0 aliphatic carbocycles. The molecule has 37 nitrogen and oxygen atoms in total. The molecule has 1 unspecified atom stereocenters. The van der Waals surface area contributed by atoms with Crippen molar-refractivity contribution in [2.24, 2.45) is 0 Å². The van der Waals surface area contributed by atoms with Gasteiger partial charge in [0.2, 0.25) is 11.8 Å². The normalized spacial score (nSPS) is 50.8. The van der Waals surface area contributed by atoms with Gasteiger partial charge >= 0.3 is 0 Å². The van der Waals surface area contributed by atoms with Crippen molar-refractivity contribution < 1.29 is 173 Å². The minimum Gasteiger partial charge on any atom is -0.394 e. The Balaban J connectivity index is 1.19. The Morgan fingerprint density at radius 3 is 1.22 bits per heavy atom. The molecule has 7 heterocycles. The molecule has 0 saturated carbocycles. The molecule has 7 rings (SSSR count). The third-order valence-corrected chi connectivity index (χ3v) is 15.3. The molecular formula is C46H78N2O35. The van der Waals surface area contributed by atoms with Crippen LogP contribution in [-0.4, -0.2) is 368 Å². The van der Waals surface area contributed by atoms with Gasteiger partial charge in [-0.3, -0.25) is 9.59 Å². The minimum atomic E-state index is -2.30. The van der Waals surface area contributed by atoms with E-state index in [-0.39, 0.29) is 0 Å². The standard InChI is InChI=1S/C46H78N2O35/c1-10-21(57)27(63)31(67)43(71-10)83-39-38(82-41-19(47-11(2)55)26(62)22(58)13(4-49)73-41)25(61)16(7-52)76-46(39)80-36-20(48-12(3)56)42(74-14(5-50)23(36)59)81-37-24(60)15(6-51)75-45(33(37)69)79-35-18(9-54)77-44(32(68)29(35)65)78-34-17(8-53)72-40(70)30(66)28(34)64/h10,13-46,49-54,57-70H,4-9H2,1-3H3,(H,47,55)(H,48,56)/t10-,13+,14+,15+,16+,17+,18+,19+,20+,21+,22-,23-,24-,25-,26+,27+,28+,29+,30+,31-,32+,33+,34+,35-,36+,37-,38-,39+,40?,41+,42-,43-,44-,45-,46-/m0/s1. The average molecular weight is 1220 g/mol. The monoisotopic (exact) mass is 1220 g/mol. The number of carbonyl (C=O) groups excluding carboxylic acids is 2.